The molecule has 0 saturated heterocycles. The number of benzene rings is 2. The number of carbonyl (C=O) groups is 2. The van der Waals surface area contributed by atoms with Gasteiger partial charge in [-0.3, -0.25) is 14.4 Å². The summed E-state index contributed by atoms with van der Waals surface area (Å²) < 4.78 is 1.23. The molecule has 1 aromatic heterocycles. The fourth-order valence-electron chi connectivity index (χ4n) is 4.79. The van der Waals surface area contributed by atoms with Gasteiger partial charge in [0.05, 0.1) is 6.54 Å². The van der Waals surface area contributed by atoms with Gasteiger partial charge in [-0.25, -0.2) is 4.68 Å². The summed E-state index contributed by atoms with van der Waals surface area (Å²) in [4.78, 5) is 42.0. The zero-order valence-corrected chi connectivity index (χ0v) is 18.6. The van der Waals surface area contributed by atoms with E-state index in [1.807, 2.05) is 54.3 Å². The normalized spacial score (nSPS) is 16.9. The molecule has 1 unspecified atom stereocenters. The highest BCUT2D eigenvalue weighted by molar-refractivity contribution is 6.06. The van der Waals surface area contributed by atoms with Crippen LogP contribution in [0.15, 0.2) is 65.5 Å². The van der Waals surface area contributed by atoms with Gasteiger partial charge in [0.2, 0.25) is 5.91 Å². The molecule has 0 bridgehead atoms. The second-order valence-electron chi connectivity index (χ2n) is 8.72. The molecule has 0 N–H and O–H groups in total. The Morgan fingerprint density at radius 3 is 2.52 bits per heavy atom. The van der Waals surface area contributed by atoms with Crippen LogP contribution in [0.5, 0.6) is 0 Å². The lowest BCUT2D eigenvalue weighted by Crippen LogP contribution is -2.38. The highest BCUT2D eigenvalue weighted by Gasteiger charge is 2.32. The van der Waals surface area contributed by atoms with Crippen LogP contribution >= 0.6 is 0 Å². The number of carbonyl (C=O) groups excluding carboxylic acids is 2. The molecule has 2 aliphatic rings. The first kappa shape index (κ1) is 21.1. The Bertz CT molecular complexity index is 1280. The molecular weight excluding hydrogens is 416 g/mol. The quantitative estimate of drug-likeness (QED) is 0.623. The van der Waals surface area contributed by atoms with Gasteiger partial charge >= 0.3 is 0 Å². The van der Waals surface area contributed by atoms with Gasteiger partial charge in [0.15, 0.2) is 0 Å². The smallest absolute Gasteiger partial charge is 0.278 e. The van der Waals surface area contributed by atoms with Gasteiger partial charge < -0.3 is 9.80 Å². The molecule has 0 spiro atoms. The molecule has 2 aliphatic heterocycles. The fourth-order valence-corrected chi connectivity index (χ4v) is 4.79. The Labute approximate surface area is 192 Å². The number of rotatable bonds is 4. The van der Waals surface area contributed by atoms with Crippen molar-refractivity contribution in [2.24, 2.45) is 0 Å². The van der Waals surface area contributed by atoms with Crippen LogP contribution in [0.1, 0.15) is 40.5 Å². The lowest BCUT2D eigenvalue weighted by molar-refractivity contribution is -0.132. The predicted octanol–water partition coefficient (Wildman–Crippen LogP) is 2.81. The van der Waals surface area contributed by atoms with E-state index in [9.17, 15) is 14.4 Å². The SMILES string of the molecule is CC1Cc2ccccc2N1C(=O)c1ccc(=O)n(CCC(=O)N2CCc3ccccc3C2)n1. The predicted molar refractivity (Wildman–Crippen MR) is 125 cm³/mol. The number of amides is 2. The molecule has 0 aliphatic carbocycles. The van der Waals surface area contributed by atoms with Crippen LogP contribution < -0.4 is 10.5 Å². The average molecular weight is 443 g/mol. The Morgan fingerprint density at radius 1 is 0.970 bits per heavy atom. The monoisotopic (exact) mass is 442 g/mol. The van der Waals surface area contributed by atoms with Crippen LogP contribution in [0.4, 0.5) is 5.69 Å². The van der Waals surface area contributed by atoms with Crippen LogP contribution in [0.3, 0.4) is 0 Å². The Morgan fingerprint density at radius 2 is 1.70 bits per heavy atom. The number of para-hydroxylation sites is 1. The summed E-state index contributed by atoms with van der Waals surface area (Å²) in [5.41, 5.74) is 4.34. The minimum absolute atomic E-state index is 0.0145. The summed E-state index contributed by atoms with van der Waals surface area (Å²) >= 11 is 0. The zero-order chi connectivity index (χ0) is 22.9. The van der Waals surface area contributed by atoms with Crippen molar-refractivity contribution in [2.45, 2.75) is 45.3 Å². The van der Waals surface area contributed by atoms with Gasteiger partial charge in [-0.2, -0.15) is 5.10 Å². The highest BCUT2D eigenvalue weighted by Crippen LogP contribution is 2.32. The van der Waals surface area contributed by atoms with Crippen LogP contribution in [0, 0.1) is 0 Å². The molecule has 7 heteroatoms. The van der Waals surface area contributed by atoms with E-state index in [-0.39, 0.29) is 42.1 Å². The van der Waals surface area contributed by atoms with Crippen LogP contribution in [0.2, 0.25) is 0 Å². The first-order chi connectivity index (χ1) is 16.0. The topological polar surface area (TPSA) is 75.5 Å². The largest absolute Gasteiger partial charge is 0.338 e. The van der Waals surface area contributed by atoms with Gasteiger partial charge in [-0.05, 0) is 48.6 Å². The number of aromatic nitrogens is 2. The van der Waals surface area contributed by atoms with E-state index in [0.717, 1.165) is 24.1 Å². The zero-order valence-electron chi connectivity index (χ0n) is 18.6. The Hall–Kier alpha value is -3.74. The molecule has 0 saturated carbocycles. The second-order valence-corrected chi connectivity index (χ2v) is 8.72. The third-order valence-electron chi connectivity index (χ3n) is 6.53. The number of hydrogen-bond acceptors (Lipinski definition) is 4. The third-order valence-corrected chi connectivity index (χ3v) is 6.53. The van der Waals surface area contributed by atoms with Gasteiger partial charge in [-0.15, -0.1) is 0 Å². The fraction of sp³-hybridized carbons (Fsp3) is 0.308. The average Bonchev–Trinajstić information content (AvgIpc) is 3.18. The molecule has 2 amide bonds. The first-order valence-electron chi connectivity index (χ1n) is 11.4. The van der Waals surface area contributed by atoms with Crippen molar-refractivity contribution in [3.63, 3.8) is 0 Å². The maximum atomic E-state index is 13.3. The summed E-state index contributed by atoms with van der Waals surface area (Å²) in [6, 6.07) is 18.8. The minimum atomic E-state index is -0.321. The van der Waals surface area contributed by atoms with Crippen molar-refractivity contribution in [2.75, 3.05) is 11.4 Å². The Balaban J connectivity index is 1.29. The maximum absolute atomic E-state index is 13.3. The van der Waals surface area contributed by atoms with E-state index >= 15 is 0 Å². The van der Waals surface area contributed by atoms with E-state index in [2.05, 4.69) is 11.2 Å². The molecule has 3 aromatic rings. The number of anilines is 1. The van der Waals surface area contributed by atoms with E-state index < -0.39 is 0 Å². The number of aryl methyl sites for hydroxylation is 1. The first-order valence-corrected chi connectivity index (χ1v) is 11.4. The van der Waals surface area contributed by atoms with E-state index in [4.69, 9.17) is 0 Å². The van der Waals surface area contributed by atoms with Crippen molar-refractivity contribution >= 4 is 17.5 Å². The van der Waals surface area contributed by atoms with Crippen molar-refractivity contribution in [1.29, 1.82) is 0 Å². The summed E-state index contributed by atoms with van der Waals surface area (Å²) in [6.07, 6.45) is 1.78. The molecule has 3 heterocycles. The molecule has 0 fully saturated rings. The lowest BCUT2D eigenvalue weighted by Gasteiger charge is -2.29. The summed E-state index contributed by atoms with van der Waals surface area (Å²) in [5, 5.41) is 4.32. The third kappa shape index (κ3) is 4.06. The number of hydrogen-bond donors (Lipinski definition) is 0. The van der Waals surface area contributed by atoms with Gasteiger partial charge in [0.25, 0.3) is 11.5 Å². The molecule has 1 atom stereocenters. The lowest BCUT2D eigenvalue weighted by atomic mass is 10.00. The summed E-state index contributed by atoms with van der Waals surface area (Å²) in [6.45, 7) is 3.40. The van der Waals surface area contributed by atoms with Crippen molar-refractivity contribution < 1.29 is 9.59 Å². The van der Waals surface area contributed by atoms with E-state index in [1.54, 1.807) is 4.90 Å². The Kier molecular flexibility index (Phi) is 5.54. The second kappa shape index (κ2) is 8.65. The van der Waals surface area contributed by atoms with E-state index in [1.165, 1.54) is 27.9 Å². The summed E-state index contributed by atoms with van der Waals surface area (Å²) in [5.74, 6) is -0.253. The summed E-state index contributed by atoms with van der Waals surface area (Å²) in [7, 11) is 0. The number of nitrogens with zero attached hydrogens (tertiary/aromatic N) is 4. The minimum Gasteiger partial charge on any atom is -0.338 e. The van der Waals surface area contributed by atoms with Crippen LogP contribution in [0.25, 0.3) is 0 Å². The molecule has 7 nitrogen and oxygen atoms in total. The van der Waals surface area contributed by atoms with E-state index in [0.29, 0.717) is 13.1 Å². The van der Waals surface area contributed by atoms with Crippen molar-refractivity contribution in [3.8, 4) is 0 Å². The molecule has 0 radical (unpaired) electrons. The van der Waals surface area contributed by atoms with Gasteiger partial charge in [0, 0.05) is 37.3 Å². The van der Waals surface area contributed by atoms with Crippen LogP contribution in [-0.2, 0) is 30.7 Å². The molecule has 2 aromatic carbocycles. The molecule has 5 rings (SSSR count). The standard InChI is InChI=1S/C26H26N4O3/c1-18-16-20-7-4-5-9-23(20)30(18)26(33)22-10-11-25(32)29(27-22)15-13-24(31)28-14-12-19-6-2-3-8-21(19)17-28/h2-11,18H,12-17H2,1H3. The van der Waals surface area contributed by atoms with Crippen molar-refractivity contribution in [1.82, 2.24) is 14.7 Å². The molecule has 33 heavy (non-hydrogen) atoms. The molecule has 168 valence electrons. The van der Waals surface area contributed by atoms with Crippen molar-refractivity contribution in [3.05, 3.63) is 93.4 Å². The molecular formula is C26H26N4O3. The van der Waals surface area contributed by atoms with Gasteiger partial charge in [0.1, 0.15) is 5.69 Å². The van der Waals surface area contributed by atoms with Crippen LogP contribution in [-0.4, -0.2) is 39.1 Å². The number of fused-ring (bicyclic) bond motifs is 2. The van der Waals surface area contributed by atoms with Gasteiger partial charge in [-0.1, -0.05) is 42.5 Å². The maximum Gasteiger partial charge on any atom is 0.278 e. The highest BCUT2D eigenvalue weighted by atomic mass is 16.2.